The number of alkyl halides is 3. The van der Waals surface area contributed by atoms with Crippen molar-refractivity contribution in [2.45, 2.75) is 6.18 Å². The van der Waals surface area contributed by atoms with Gasteiger partial charge in [0.1, 0.15) is 5.82 Å². The zero-order chi connectivity index (χ0) is 14.9. The molecule has 0 bridgehead atoms. The van der Waals surface area contributed by atoms with Crippen LogP contribution in [0, 0.1) is 0 Å². The summed E-state index contributed by atoms with van der Waals surface area (Å²) in [5.74, 6) is -1.39. The van der Waals surface area contributed by atoms with Gasteiger partial charge in [-0.25, -0.2) is 9.78 Å². The quantitative estimate of drug-likeness (QED) is 0.887. The minimum absolute atomic E-state index is 0.135. The van der Waals surface area contributed by atoms with E-state index in [4.69, 9.17) is 10.8 Å². The average Bonchev–Trinajstić information content (AvgIpc) is 2.37. The van der Waals surface area contributed by atoms with Crippen molar-refractivity contribution in [3.05, 3.63) is 47.7 Å². The van der Waals surface area contributed by atoms with E-state index in [0.29, 0.717) is 0 Å². The minimum atomic E-state index is -4.46. The fraction of sp³-hybridized carbons (Fsp3) is 0.0769. The number of hydrogen-bond acceptors (Lipinski definition) is 3. The topological polar surface area (TPSA) is 76.2 Å². The summed E-state index contributed by atoms with van der Waals surface area (Å²) in [6, 6.07) is 7.11. The number of nitrogen functional groups attached to an aromatic ring is 1. The number of benzene rings is 1. The average molecular weight is 282 g/mol. The Balaban J connectivity index is 2.49. The molecule has 0 unspecified atom stereocenters. The lowest BCUT2D eigenvalue weighted by Gasteiger charge is -2.10. The molecule has 3 N–H and O–H groups in total. The maximum atomic E-state index is 12.6. The van der Waals surface area contributed by atoms with Crippen LogP contribution < -0.4 is 5.73 Å². The highest BCUT2D eigenvalue weighted by Crippen LogP contribution is 2.33. The fourth-order valence-electron chi connectivity index (χ4n) is 1.70. The Bertz CT molecular complexity index is 669. The number of carbonyl (C=O) groups is 1. The van der Waals surface area contributed by atoms with E-state index >= 15 is 0 Å². The molecule has 0 spiro atoms. The third-order valence-corrected chi connectivity index (χ3v) is 2.64. The van der Waals surface area contributed by atoms with Gasteiger partial charge in [-0.1, -0.05) is 12.1 Å². The van der Waals surface area contributed by atoms with Gasteiger partial charge in [0, 0.05) is 5.56 Å². The summed E-state index contributed by atoms with van der Waals surface area (Å²) in [4.78, 5) is 14.4. The molecular formula is C13H9F3N2O2. The number of nitrogens with zero attached hydrogens (tertiary/aromatic N) is 1. The van der Waals surface area contributed by atoms with Crippen molar-refractivity contribution >= 4 is 11.8 Å². The van der Waals surface area contributed by atoms with Crippen LogP contribution in [0.25, 0.3) is 11.1 Å². The van der Waals surface area contributed by atoms with Crippen LogP contribution >= 0.6 is 0 Å². The van der Waals surface area contributed by atoms with Gasteiger partial charge in [-0.2, -0.15) is 13.2 Å². The van der Waals surface area contributed by atoms with E-state index in [1.165, 1.54) is 24.3 Å². The van der Waals surface area contributed by atoms with E-state index in [1.54, 1.807) is 0 Å². The first-order valence-corrected chi connectivity index (χ1v) is 5.46. The summed E-state index contributed by atoms with van der Waals surface area (Å²) in [7, 11) is 0. The van der Waals surface area contributed by atoms with Crippen molar-refractivity contribution in [2.75, 3.05) is 5.73 Å². The molecule has 1 aromatic carbocycles. The van der Waals surface area contributed by atoms with Crippen molar-refractivity contribution in [1.82, 2.24) is 4.98 Å². The maximum Gasteiger partial charge on any atom is 0.416 e. The highest BCUT2D eigenvalue weighted by molar-refractivity contribution is 5.87. The standard InChI is InChI=1S/C13H9F3N2O2/c14-13(15,16)8-3-1-2-7(6-8)9-4-5-10(12(19)20)18-11(9)17/h1-6H,(H2,17,18)(H,19,20). The number of halogens is 3. The molecule has 0 amide bonds. The summed E-state index contributed by atoms with van der Waals surface area (Å²) in [5.41, 5.74) is 5.00. The van der Waals surface area contributed by atoms with Crippen molar-refractivity contribution < 1.29 is 23.1 Å². The molecule has 4 nitrogen and oxygen atoms in total. The summed E-state index contributed by atoms with van der Waals surface area (Å²) in [6.45, 7) is 0. The van der Waals surface area contributed by atoms with Crippen LogP contribution in [0.15, 0.2) is 36.4 Å². The number of hydrogen-bond donors (Lipinski definition) is 2. The third-order valence-electron chi connectivity index (χ3n) is 2.64. The highest BCUT2D eigenvalue weighted by atomic mass is 19.4. The molecule has 1 aromatic heterocycles. The Morgan fingerprint density at radius 2 is 1.90 bits per heavy atom. The molecule has 0 aliphatic heterocycles. The van der Waals surface area contributed by atoms with E-state index in [1.807, 2.05) is 0 Å². The number of carboxylic acids is 1. The molecule has 1 heterocycles. The molecule has 0 saturated heterocycles. The third kappa shape index (κ3) is 2.71. The predicted octanol–water partition coefficient (Wildman–Crippen LogP) is 3.05. The zero-order valence-electron chi connectivity index (χ0n) is 9.98. The van der Waals surface area contributed by atoms with Crippen LogP contribution in [-0.2, 0) is 6.18 Å². The van der Waals surface area contributed by atoms with Gasteiger partial charge in [0.25, 0.3) is 0 Å². The molecule has 0 fully saturated rings. The minimum Gasteiger partial charge on any atom is -0.477 e. The van der Waals surface area contributed by atoms with Gasteiger partial charge < -0.3 is 10.8 Å². The lowest BCUT2D eigenvalue weighted by Crippen LogP contribution is -2.06. The van der Waals surface area contributed by atoms with Crippen molar-refractivity contribution in [2.24, 2.45) is 0 Å². The molecular weight excluding hydrogens is 273 g/mol. The zero-order valence-corrected chi connectivity index (χ0v) is 9.98. The van der Waals surface area contributed by atoms with Crippen LogP contribution in [0.1, 0.15) is 16.1 Å². The molecule has 7 heteroatoms. The van der Waals surface area contributed by atoms with Crippen molar-refractivity contribution in [1.29, 1.82) is 0 Å². The lowest BCUT2D eigenvalue weighted by molar-refractivity contribution is -0.137. The van der Waals surface area contributed by atoms with E-state index in [-0.39, 0.29) is 22.6 Å². The second-order valence-electron chi connectivity index (χ2n) is 4.01. The lowest BCUT2D eigenvalue weighted by atomic mass is 10.0. The Morgan fingerprint density at radius 1 is 1.20 bits per heavy atom. The van der Waals surface area contributed by atoms with Crippen LogP contribution in [0.4, 0.5) is 19.0 Å². The van der Waals surface area contributed by atoms with E-state index < -0.39 is 17.7 Å². The number of anilines is 1. The molecule has 0 radical (unpaired) electrons. The van der Waals surface area contributed by atoms with Crippen LogP contribution in [-0.4, -0.2) is 16.1 Å². The van der Waals surface area contributed by atoms with Gasteiger partial charge in [-0.05, 0) is 29.8 Å². The summed E-state index contributed by atoms with van der Waals surface area (Å²) >= 11 is 0. The van der Waals surface area contributed by atoms with Crippen LogP contribution in [0.3, 0.4) is 0 Å². The number of rotatable bonds is 2. The molecule has 2 aromatic rings. The van der Waals surface area contributed by atoms with Gasteiger partial charge in [0.05, 0.1) is 5.56 Å². The predicted molar refractivity (Wildman–Crippen MR) is 66.0 cm³/mol. The van der Waals surface area contributed by atoms with Crippen LogP contribution in [0.5, 0.6) is 0 Å². The summed E-state index contributed by atoms with van der Waals surface area (Å²) < 4.78 is 37.9. The first-order chi connectivity index (χ1) is 9.29. The summed E-state index contributed by atoms with van der Waals surface area (Å²) in [6.07, 6.45) is -4.46. The number of carboxylic acid groups (broad SMARTS) is 1. The SMILES string of the molecule is Nc1nc(C(=O)O)ccc1-c1cccc(C(F)(F)F)c1. The molecule has 0 atom stereocenters. The van der Waals surface area contributed by atoms with Crippen LogP contribution in [0.2, 0.25) is 0 Å². The molecule has 0 aliphatic rings. The van der Waals surface area contributed by atoms with Crippen molar-refractivity contribution in [3.63, 3.8) is 0 Å². The highest BCUT2D eigenvalue weighted by Gasteiger charge is 2.30. The van der Waals surface area contributed by atoms with Gasteiger partial charge >= 0.3 is 12.1 Å². The molecule has 20 heavy (non-hydrogen) atoms. The van der Waals surface area contributed by atoms with E-state index in [9.17, 15) is 18.0 Å². The van der Waals surface area contributed by atoms with Gasteiger partial charge in [-0.15, -0.1) is 0 Å². The smallest absolute Gasteiger partial charge is 0.416 e. The van der Waals surface area contributed by atoms with Gasteiger partial charge in [0.2, 0.25) is 0 Å². The first kappa shape index (κ1) is 13.9. The second kappa shape index (κ2) is 4.84. The number of pyridine rings is 1. The van der Waals surface area contributed by atoms with Gasteiger partial charge in [-0.3, -0.25) is 0 Å². The van der Waals surface area contributed by atoms with E-state index in [2.05, 4.69) is 4.98 Å². The summed E-state index contributed by atoms with van der Waals surface area (Å²) in [5, 5.41) is 8.75. The molecule has 0 saturated carbocycles. The largest absolute Gasteiger partial charge is 0.477 e. The Kier molecular flexibility index (Phi) is 3.35. The first-order valence-electron chi connectivity index (χ1n) is 5.46. The second-order valence-corrected chi connectivity index (χ2v) is 4.01. The van der Waals surface area contributed by atoms with Gasteiger partial charge in [0.15, 0.2) is 5.69 Å². The monoisotopic (exact) mass is 282 g/mol. The van der Waals surface area contributed by atoms with Crippen molar-refractivity contribution in [3.8, 4) is 11.1 Å². The van der Waals surface area contributed by atoms with E-state index in [0.717, 1.165) is 12.1 Å². The Hall–Kier alpha value is -2.57. The maximum absolute atomic E-state index is 12.6. The normalized spacial score (nSPS) is 11.3. The number of aromatic nitrogens is 1. The molecule has 2 rings (SSSR count). The molecule has 0 aliphatic carbocycles. The molecule has 104 valence electrons. The number of nitrogens with two attached hydrogens (primary N) is 1. The fourth-order valence-corrected chi connectivity index (χ4v) is 1.70. The Morgan fingerprint density at radius 3 is 2.45 bits per heavy atom. The number of aromatic carboxylic acids is 1. The Labute approximate surface area is 111 Å².